The van der Waals surface area contributed by atoms with E-state index >= 15 is 0 Å². The highest BCUT2D eigenvalue weighted by molar-refractivity contribution is 7.16. The summed E-state index contributed by atoms with van der Waals surface area (Å²) in [5, 5.41) is 33.2. The Balaban J connectivity index is 1.37. The van der Waals surface area contributed by atoms with E-state index in [1.807, 2.05) is 24.3 Å². The van der Waals surface area contributed by atoms with Crippen LogP contribution in [0.5, 0.6) is 0 Å². The van der Waals surface area contributed by atoms with E-state index in [1.54, 1.807) is 0 Å². The molecule has 0 spiro atoms. The van der Waals surface area contributed by atoms with Crippen molar-refractivity contribution >= 4 is 73.5 Å². The first-order valence-electron chi connectivity index (χ1n) is 13.8. The number of aliphatic carboxylic acids is 1. The van der Waals surface area contributed by atoms with E-state index in [0.717, 1.165) is 32.8 Å². The summed E-state index contributed by atoms with van der Waals surface area (Å²) in [6.45, 7) is 2.27. The van der Waals surface area contributed by atoms with Crippen LogP contribution >= 0.6 is 11.3 Å². The van der Waals surface area contributed by atoms with Crippen LogP contribution in [0.4, 0.5) is 5.69 Å². The van der Waals surface area contributed by atoms with Crippen LogP contribution in [0.2, 0.25) is 0 Å². The minimum Gasteiger partial charge on any atom is -0.480 e. The number of aryl methyl sites for hydroxylation is 1. The number of carbonyl (C=O) groups excluding carboxylic acids is 1. The van der Waals surface area contributed by atoms with Crippen LogP contribution in [0, 0.1) is 11.3 Å². The SMILES string of the molecule is CCn1c2ccc(-c3ccc(/C=C(\C#N)C(=O)N(CC(=O)O)c4ccc(C(=O)O)cc4)s3)cc2c2c3ccccc3ccc21. The van der Waals surface area contributed by atoms with Crippen LogP contribution in [0.15, 0.2) is 96.6 Å². The van der Waals surface area contributed by atoms with E-state index in [-0.39, 0.29) is 16.8 Å². The molecule has 2 aromatic heterocycles. The molecule has 2 N–H and O–H groups in total. The number of fused-ring (bicyclic) bond motifs is 5. The molecule has 0 fully saturated rings. The summed E-state index contributed by atoms with van der Waals surface area (Å²) in [5.74, 6) is -3.22. The summed E-state index contributed by atoms with van der Waals surface area (Å²) < 4.78 is 2.31. The fraction of sp³-hybridized carbons (Fsp3) is 0.0857. The maximum Gasteiger partial charge on any atom is 0.335 e. The van der Waals surface area contributed by atoms with Gasteiger partial charge in [0.25, 0.3) is 5.91 Å². The summed E-state index contributed by atoms with van der Waals surface area (Å²) in [5.41, 5.74) is 3.24. The molecular weight excluding hydrogens is 574 g/mol. The first kappa shape index (κ1) is 28.4. The van der Waals surface area contributed by atoms with Crippen molar-refractivity contribution in [3.05, 3.63) is 107 Å². The molecule has 0 unspecified atom stereocenters. The van der Waals surface area contributed by atoms with Crippen LogP contribution in [0.3, 0.4) is 0 Å². The van der Waals surface area contributed by atoms with Gasteiger partial charge in [0.2, 0.25) is 0 Å². The van der Waals surface area contributed by atoms with Crippen molar-refractivity contribution in [2.45, 2.75) is 13.5 Å². The Morgan fingerprint density at radius 2 is 1.66 bits per heavy atom. The molecule has 0 aliphatic carbocycles. The molecular formula is C35H25N3O5S. The molecule has 1 amide bonds. The van der Waals surface area contributed by atoms with Gasteiger partial charge in [-0.3, -0.25) is 14.5 Å². The Labute approximate surface area is 255 Å². The van der Waals surface area contributed by atoms with Gasteiger partial charge in [0.05, 0.1) is 5.56 Å². The number of hydrogen-bond acceptors (Lipinski definition) is 5. The van der Waals surface area contributed by atoms with Crippen LogP contribution in [-0.2, 0) is 16.1 Å². The van der Waals surface area contributed by atoms with E-state index in [0.29, 0.717) is 4.88 Å². The smallest absolute Gasteiger partial charge is 0.335 e. The molecule has 0 atom stereocenters. The second-order valence-corrected chi connectivity index (χ2v) is 11.3. The fourth-order valence-corrected chi connectivity index (χ4v) is 6.53. The number of carboxylic acids is 2. The largest absolute Gasteiger partial charge is 0.480 e. The maximum atomic E-state index is 13.4. The Bertz CT molecular complexity index is 2180. The minimum atomic E-state index is -1.27. The van der Waals surface area contributed by atoms with Gasteiger partial charge in [-0.2, -0.15) is 5.26 Å². The molecule has 216 valence electrons. The number of nitrogens with zero attached hydrogens (tertiary/aromatic N) is 3. The molecule has 0 saturated carbocycles. The number of hydrogen-bond donors (Lipinski definition) is 2. The number of nitriles is 1. The van der Waals surface area contributed by atoms with Gasteiger partial charge in [0.1, 0.15) is 18.2 Å². The van der Waals surface area contributed by atoms with Gasteiger partial charge in [-0.25, -0.2) is 4.79 Å². The van der Waals surface area contributed by atoms with Crippen molar-refractivity contribution in [1.29, 1.82) is 5.26 Å². The van der Waals surface area contributed by atoms with Crippen molar-refractivity contribution in [3.8, 4) is 16.5 Å². The van der Waals surface area contributed by atoms with E-state index in [2.05, 4.69) is 60.0 Å². The van der Waals surface area contributed by atoms with Crippen LogP contribution in [0.1, 0.15) is 22.2 Å². The first-order chi connectivity index (χ1) is 21.3. The van der Waals surface area contributed by atoms with Crippen molar-refractivity contribution in [1.82, 2.24) is 4.57 Å². The molecule has 0 radical (unpaired) electrons. The Hall–Kier alpha value is -5.72. The second-order valence-electron chi connectivity index (χ2n) is 10.2. The highest BCUT2D eigenvalue weighted by Crippen LogP contribution is 2.38. The lowest BCUT2D eigenvalue weighted by molar-refractivity contribution is -0.136. The Kier molecular flexibility index (Phi) is 7.43. The van der Waals surface area contributed by atoms with Gasteiger partial charge in [-0.1, -0.05) is 36.4 Å². The lowest BCUT2D eigenvalue weighted by atomic mass is 10.0. The van der Waals surface area contributed by atoms with Crippen molar-refractivity contribution in [2.75, 3.05) is 11.4 Å². The van der Waals surface area contributed by atoms with Gasteiger partial charge in [-0.05, 0) is 83.9 Å². The standard InChI is InChI=1S/C35H25N3O5S/c1-2-37-29-14-10-23(18-28(29)33-27-6-4-3-5-21(27)9-15-30(33)37)31-16-13-26(44-31)17-24(19-36)34(41)38(20-32(39)40)25-11-7-22(8-12-25)35(42)43/h3-18H,2,20H2,1H3,(H,39,40)(H,42,43)/b24-17+. The lowest BCUT2D eigenvalue weighted by Gasteiger charge is -2.20. The van der Waals surface area contributed by atoms with Gasteiger partial charge in [0.15, 0.2) is 0 Å². The summed E-state index contributed by atoms with van der Waals surface area (Å²) in [6.07, 6.45) is 1.45. The minimum absolute atomic E-state index is 0.00994. The summed E-state index contributed by atoms with van der Waals surface area (Å²) in [7, 11) is 0. The highest BCUT2D eigenvalue weighted by Gasteiger charge is 2.23. The van der Waals surface area contributed by atoms with Gasteiger partial charge in [-0.15, -0.1) is 11.3 Å². The topological polar surface area (TPSA) is 124 Å². The molecule has 0 bridgehead atoms. The number of aromatic carboxylic acids is 1. The highest BCUT2D eigenvalue weighted by atomic mass is 32.1. The molecule has 9 heteroatoms. The van der Waals surface area contributed by atoms with Gasteiger partial charge < -0.3 is 14.8 Å². The van der Waals surface area contributed by atoms with E-state index in [9.17, 15) is 29.9 Å². The maximum absolute atomic E-state index is 13.4. The molecule has 6 rings (SSSR count). The van der Waals surface area contributed by atoms with Gasteiger partial charge >= 0.3 is 11.9 Å². The molecule has 0 aliphatic rings. The van der Waals surface area contributed by atoms with E-state index < -0.39 is 24.4 Å². The zero-order valence-electron chi connectivity index (χ0n) is 23.5. The number of amides is 1. The van der Waals surface area contributed by atoms with E-state index in [1.165, 1.54) is 63.4 Å². The number of thiophene rings is 1. The molecule has 2 heterocycles. The number of carbonyl (C=O) groups is 3. The molecule has 44 heavy (non-hydrogen) atoms. The molecule has 0 aliphatic heterocycles. The first-order valence-corrected chi connectivity index (χ1v) is 14.6. The predicted molar refractivity (Wildman–Crippen MR) is 173 cm³/mol. The average molecular weight is 600 g/mol. The van der Waals surface area contributed by atoms with E-state index in [4.69, 9.17) is 0 Å². The number of rotatable bonds is 8. The number of anilines is 1. The number of carboxylic acid groups (broad SMARTS) is 2. The molecule has 6 aromatic rings. The van der Waals surface area contributed by atoms with Crippen molar-refractivity contribution in [2.24, 2.45) is 0 Å². The molecule has 4 aromatic carbocycles. The second kappa shape index (κ2) is 11.5. The Morgan fingerprint density at radius 1 is 0.909 bits per heavy atom. The van der Waals surface area contributed by atoms with Gasteiger partial charge in [0, 0.05) is 43.8 Å². The fourth-order valence-electron chi connectivity index (χ4n) is 5.58. The average Bonchev–Trinajstić information content (AvgIpc) is 3.64. The third-order valence-electron chi connectivity index (χ3n) is 7.58. The van der Waals surface area contributed by atoms with Crippen LogP contribution in [0.25, 0.3) is 49.1 Å². The van der Waals surface area contributed by atoms with Crippen LogP contribution in [-0.4, -0.2) is 39.2 Å². The zero-order valence-corrected chi connectivity index (χ0v) is 24.3. The van der Waals surface area contributed by atoms with Crippen molar-refractivity contribution in [3.63, 3.8) is 0 Å². The summed E-state index contributed by atoms with van der Waals surface area (Å²) in [6, 6.07) is 30.0. The molecule has 0 saturated heterocycles. The Morgan fingerprint density at radius 3 is 2.36 bits per heavy atom. The number of aromatic nitrogens is 1. The lowest BCUT2D eigenvalue weighted by Crippen LogP contribution is -2.36. The zero-order chi connectivity index (χ0) is 31.0. The quantitative estimate of drug-likeness (QED) is 0.139. The number of benzene rings is 4. The summed E-state index contributed by atoms with van der Waals surface area (Å²) in [4.78, 5) is 38.7. The van der Waals surface area contributed by atoms with Crippen LogP contribution < -0.4 is 4.90 Å². The monoisotopic (exact) mass is 599 g/mol. The summed E-state index contributed by atoms with van der Waals surface area (Å²) >= 11 is 1.42. The third-order valence-corrected chi connectivity index (χ3v) is 8.67. The van der Waals surface area contributed by atoms with Crippen molar-refractivity contribution < 1.29 is 24.6 Å². The molecule has 8 nitrogen and oxygen atoms in total. The third kappa shape index (κ3) is 5.08. The predicted octanol–water partition coefficient (Wildman–Crippen LogP) is 7.42. The normalized spacial score (nSPS) is 11.6.